The Morgan fingerprint density at radius 3 is 2.59 bits per heavy atom. The van der Waals surface area contributed by atoms with Gasteiger partial charge in [0, 0.05) is 23.6 Å². The van der Waals surface area contributed by atoms with Crippen molar-refractivity contribution in [1.82, 2.24) is 9.97 Å². The average molecular weight is 509 g/mol. The molecule has 1 aliphatic carbocycles. The maximum Gasteiger partial charge on any atom is 0.327 e. The van der Waals surface area contributed by atoms with E-state index in [-0.39, 0.29) is 34.1 Å². The summed E-state index contributed by atoms with van der Waals surface area (Å²) in [5, 5.41) is 13.3. The van der Waals surface area contributed by atoms with Crippen LogP contribution < -0.4 is 21.3 Å². The second-order valence-corrected chi connectivity index (χ2v) is 9.30. The molecule has 4 rings (SSSR count). The quantitative estimate of drug-likeness (QED) is 0.462. The number of ether oxygens (including phenoxy) is 1. The van der Waals surface area contributed by atoms with E-state index in [0.717, 1.165) is 0 Å². The fourth-order valence-electron chi connectivity index (χ4n) is 4.20. The number of aromatic amines is 2. The van der Waals surface area contributed by atoms with Gasteiger partial charge >= 0.3 is 5.69 Å². The topological polar surface area (TPSA) is 124 Å². The van der Waals surface area contributed by atoms with Gasteiger partial charge in [-0.2, -0.15) is 0 Å². The molecule has 8 nitrogen and oxygen atoms in total. The molecule has 2 aliphatic rings. The predicted octanol–water partition coefficient (Wildman–Crippen LogP) is 2.58. The van der Waals surface area contributed by atoms with Gasteiger partial charge in [-0.1, -0.05) is 13.8 Å². The van der Waals surface area contributed by atoms with Crippen molar-refractivity contribution in [2.24, 2.45) is 5.41 Å². The van der Waals surface area contributed by atoms with E-state index in [1.807, 2.05) is 36.4 Å². The number of carbonyl (C=O) groups excluding carboxylic acids is 1. The summed E-state index contributed by atoms with van der Waals surface area (Å²) >= 11 is 1.98. The number of halogens is 1. The van der Waals surface area contributed by atoms with Crippen LogP contribution in [-0.4, -0.2) is 28.0 Å². The summed E-state index contributed by atoms with van der Waals surface area (Å²) in [5.41, 5.74) is 0.679. The zero-order valence-corrected chi connectivity index (χ0v) is 18.3. The van der Waals surface area contributed by atoms with Gasteiger partial charge in [-0.25, -0.2) is 4.79 Å². The van der Waals surface area contributed by atoms with E-state index in [0.29, 0.717) is 33.2 Å². The molecule has 1 aromatic heterocycles. The molecule has 29 heavy (non-hydrogen) atoms. The monoisotopic (exact) mass is 509 g/mol. The Morgan fingerprint density at radius 1 is 1.17 bits per heavy atom. The molecule has 2 heterocycles. The molecule has 0 saturated heterocycles. The van der Waals surface area contributed by atoms with E-state index < -0.39 is 17.2 Å². The summed E-state index contributed by atoms with van der Waals surface area (Å²) in [6.07, 6.45) is 0.956. The number of H-pyrrole nitrogens is 2. The van der Waals surface area contributed by atoms with Gasteiger partial charge in [0.25, 0.3) is 5.56 Å². The van der Waals surface area contributed by atoms with Crippen LogP contribution in [-0.2, 0) is 4.79 Å². The van der Waals surface area contributed by atoms with Crippen molar-refractivity contribution in [1.29, 1.82) is 0 Å². The number of phenolic OH excluding ortho intramolecular Hbond substituents is 1. The Bertz CT molecular complexity index is 1190. The molecule has 0 fully saturated rings. The van der Waals surface area contributed by atoms with Gasteiger partial charge in [0.1, 0.15) is 5.82 Å². The van der Waals surface area contributed by atoms with Crippen molar-refractivity contribution in [2.45, 2.75) is 32.6 Å². The van der Waals surface area contributed by atoms with Crippen molar-refractivity contribution in [3.05, 3.63) is 58.9 Å². The van der Waals surface area contributed by atoms with Crippen molar-refractivity contribution >= 4 is 34.2 Å². The second kappa shape index (κ2) is 6.75. The maximum absolute atomic E-state index is 13.2. The van der Waals surface area contributed by atoms with Gasteiger partial charge in [-0.3, -0.25) is 19.6 Å². The van der Waals surface area contributed by atoms with Crippen LogP contribution in [0.5, 0.6) is 11.5 Å². The highest BCUT2D eigenvalue weighted by Gasteiger charge is 2.42. The van der Waals surface area contributed by atoms with Crippen LogP contribution in [0.25, 0.3) is 0 Å². The number of anilines is 1. The summed E-state index contributed by atoms with van der Waals surface area (Å²) < 4.78 is 5.81. The molecule has 9 heteroatoms. The molecule has 1 atom stereocenters. The summed E-state index contributed by atoms with van der Waals surface area (Å²) in [6, 6.07) is 3.35. The second-order valence-electron chi connectivity index (χ2n) is 8.14. The Morgan fingerprint density at radius 2 is 1.90 bits per heavy atom. The number of hydrogen-bond acceptors (Lipinski definition) is 6. The molecule has 0 amide bonds. The zero-order chi connectivity index (χ0) is 21.1. The molecule has 152 valence electrons. The van der Waals surface area contributed by atoms with Gasteiger partial charge < -0.3 is 15.2 Å². The van der Waals surface area contributed by atoms with Crippen molar-refractivity contribution < 1.29 is 14.6 Å². The first kappa shape index (κ1) is 19.7. The summed E-state index contributed by atoms with van der Waals surface area (Å²) in [6.45, 7) is 4.02. The number of methoxy groups -OCH3 is 1. The smallest absolute Gasteiger partial charge is 0.327 e. The molecule has 1 aromatic carbocycles. The number of nitrogens with one attached hydrogen (secondary N) is 3. The first-order valence-corrected chi connectivity index (χ1v) is 10.2. The maximum atomic E-state index is 13.2. The number of fused-ring (bicyclic) bond motifs is 1. The molecule has 1 unspecified atom stereocenters. The third kappa shape index (κ3) is 3.26. The highest BCUT2D eigenvalue weighted by Crippen LogP contribution is 2.48. The fraction of sp³-hybridized carbons (Fsp3) is 0.350. The van der Waals surface area contributed by atoms with Crippen molar-refractivity contribution in [2.75, 3.05) is 12.4 Å². The number of carbonyl (C=O) groups is 1. The number of phenols is 1. The SMILES string of the molecule is COc1cc(C2C3=C(CC(C)(C)CC3=O)Nc3[nH]c(=O)[nH]c(=O)c32)cc(I)c1O. The Labute approximate surface area is 179 Å². The first-order valence-electron chi connectivity index (χ1n) is 9.07. The zero-order valence-electron chi connectivity index (χ0n) is 16.1. The van der Waals surface area contributed by atoms with Gasteiger partial charge in [0.15, 0.2) is 17.3 Å². The highest BCUT2D eigenvalue weighted by atomic mass is 127. The van der Waals surface area contributed by atoms with Gasteiger partial charge in [-0.05, 0) is 52.1 Å². The third-order valence-corrected chi connectivity index (χ3v) is 6.18. The molecular formula is C20H20IN3O5. The van der Waals surface area contributed by atoms with Gasteiger partial charge in [0.2, 0.25) is 0 Å². The lowest BCUT2D eigenvalue weighted by atomic mass is 9.69. The molecule has 2 aromatic rings. The number of aromatic nitrogens is 2. The van der Waals surface area contributed by atoms with Crippen LogP contribution in [0.1, 0.15) is 43.7 Å². The Hall–Kier alpha value is -2.56. The van der Waals surface area contributed by atoms with E-state index in [1.54, 1.807) is 12.1 Å². The molecule has 0 spiro atoms. The molecule has 0 radical (unpaired) electrons. The van der Waals surface area contributed by atoms with E-state index in [2.05, 4.69) is 15.3 Å². The summed E-state index contributed by atoms with van der Waals surface area (Å²) in [7, 11) is 1.44. The summed E-state index contributed by atoms with van der Waals surface area (Å²) in [4.78, 5) is 42.7. The predicted molar refractivity (Wildman–Crippen MR) is 116 cm³/mol. The van der Waals surface area contributed by atoms with Crippen LogP contribution in [0.4, 0.5) is 5.82 Å². The summed E-state index contributed by atoms with van der Waals surface area (Å²) in [5.74, 6) is -0.208. The molecular weight excluding hydrogens is 489 g/mol. The number of Topliss-reactive ketones (excluding diaryl/α,β-unsaturated/α-hetero) is 1. The van der Waals surface area contributed by atoms with E-state index >= 15 is 0 Å². The Balaban J connectivity index is 2.04. The number of benzene rings is 1. The first-order chi connectivity index (χ1) is 13.6. The lowest BCUT2D eigenvalue weighted by Gasteiger charge is -2.38. The third-order valence-electron chi connectivity index (χ3n) is 5.36. The number of ketones is 1. The molecule has 4 N–H and O–H groups in total. The highest BCUT2D eigenvalue weighted by molar-refractivity contribution is 14.1. The molecule has 1 aliphatic heterocycles. The van der Waals surface area contributed by atoms with Gasteiger partial charge in [0.05, 0.1) is 16.2 Å². The average Bonchev–Trinajstić information content (AvgIpc) is 2.60. The lowest BCUT2D eigenvalue weighted by molar-refractivity contribution is -0.118. The minimum absolute atomic E-state index is 0.00769. The minimum atomic E-state index is -0.687. The van der Waals surface area contributed by atoms with Crippen LogP contribution in [0, 0.1) is 8.99 Å². The minimum Gasteiger partial charge on any atom is -0.504 e. The lowest BCUT2D eigenvalue weighted by Crippen LogP contribution is -2.39. The van der Waals surface area contributed by atoms with E-state index in [4.69, 9.17) is 4.74 Å². The normalized spacial score (nSPS) is 20.0. The van der Waals surface area contributed by atoms with Crippen LogP contribution in [0.15, 0.2) is 33.0 Å². The molecule has 0 bridgehead atoms. The Kier molecular flexibility index (Phi) is 4.60. The van der Waals surface area contributed by atoms with Crippen molar-refractivity contribution in [3.63, 3.8) is 0 Å². The van der Waals surface area contributed by atoms with E-state index in [9.17, 15) is 19.5 Å². The number of rotatable bonds is 2. The largest absolute Gasteiger partial charge is 0.504 e. The van der Waals surface area contributed by atoms with Crippen LogP contribution in [0.2, 0.25) is 0 Å². The number of aromatic hydroxyl groups is 1. The number of allylic oxidation sites excluding steroid dienone is 2. The number of hydrogen-bond donors (Lipinski definition) is 4. The standard InChI is InChI=1S/C20H20IN3O5/c1-20(2)6-10-14(11(25)7-20)13(8-4-9(21)16(26)12(5-8)29-3)15-17(22-10)23-19(28)24-18(15)27/h4-5,13,26H,6-7H2,1-3H3,(H3,22,23,24,27,28). The van der Waals surface area contributed by atoms with Crippen LogP contribution >= 0.6 is 22.6 Å². The van der Waals surface area contributed by atoms with Crippen LogP contribution in [0.3, 0.4) is 0 Å². The van der Waals surface area contributed by atoms with E-state index in [1.165, 1.54) is 7.11 Å². The molecule has 0 saturated carbocycles. The van der Waals surface area contributed by atoms with Crippen molar-refractivity contribution in [3.8, 4) is 11.5 Å². The fourth-order valence-corrected chi connectivity index (χ4v) is 4.82. The van der Waals surface area contributed by atoms with Gasteiger partial charge in [-0.15, -0.1) is 0 Å².